The first-order valence-electron chi connectivity index (χ1n) is 6.91. The largest absolute Gasteiger partial charge is 0.467 e. The Labute approximate surface area is 113 Å². The fourth-order valence-electron chi connectivity index (χ4n) is 2.11. The number of carbonyl (C=O) groups excluding carboxylic acids is 1. The van der Waals surface area contributed by atoms with Crippen LogP contribution in [0.4, 0.5) is 0 Å². The maximum atomic E-state index is 11.9. The van der Waals surface area contributed by atoms with Crippen LogP contribution in [0, 0.1) is 0 Å². The van der Waals surface area contributed by atoms with Crippen LogP contribution in [0.5, 0.6) is 0 Å². The first-order valence-corrected chi connectivity index (χ1v) is 6.91. The maximum absolute atomic E-state index is 11.9. The van der Waals surface area contributed by atoms with Gasteiger partial charge >= 0.3 is 0 Å². The second kappa shape index (κ2) is 7.31. The summed E-state index contributed by atoms with van der Waals surface area (Å²) in [6.45, 7) is 3.86. The summed E-state index contributed by atoms with van der Waals surface area (Å²) in [5, 5.41) is 6.05. The Morgan fingerprint density at radius 3 is 3.11 bits per heavy atom. The van der Waals surface area contributed by atoms with E-state index in [-0.39, 0.29) is 18.1 Å². The van der Waals surface area contributed by atoms with Crippen LogP contribution >= 0.6 is 0 Å². The zero-order valence-electron chi connectivity index (χ0n) is 11.4. The lowest BCUT2D eigenvalue weighted by Crippen LogP contribution is -2.45. The Bertz CT molecular complexity index is 372. The molecule has 2 rings (SSSR count). The van der Waals surface area contributed by atoms with Crippen molar-refractivity contribution < 1.29 is 13.9 Å². The summed E-state index contributed by atoms with van der Waals surface area (Å²) in [4.78, 5) is 11.9. The van der Waals surface area contributed by atoms with Crippen LogP contribution in [0.3, 0.4) is 0 Å². The predicted molar refractivity (Wildman–Crippen MR) is 71.6 cm³/mol. The molecule has 0 saturated carbocycles. The van der Waals surface area contributed by atoms with Crippen molar-refractivity contribution in [2.45, 2.75) is 44.9 Å². The molecular formula is C14H22N2O3. The lowest BCUT2D eigenvalue weighted by atomic mass is 10.1. The molecule has 19 heavy (non-hydrogen) atoms. The van der Waals surface area contributed by atoms with Gasteiger partial charge in [0.25, 0.3) is 0 Å². The third-order valence-corrected chi connectivity index (χ3v) is 3.34. The van der Waals surface area contributed by atoms with Gasteiger partial charge in [-0.25, -0.2) is 0 Å². The number of rotatable bonds is 6. The van der Waals surface area contributed by atoms with Crippen molar-refractivity contribution in [1.82, 2.24) is 10.6 Å². The predicted octanol–water partition coefficient (Wildman–Crippen LogP) is 1.44. The first-order chi connectivity index (χ1) is 9.25. The van der Waals surface area contributed by atoms with Crippen molar-refractivity contribution in [3.63, 3.8) is 0 Å². The molecule has 5 heteroatoms. The summed E-state index contributed by atoms with van der Waals surface area (Å²) >= 11 is 0. The summed E-state index contributed by atoms with van der Waals surface area (Å²) in [6, 6.07) is 3.43. The van der Waals surface area contributed by atoms with Gasteiger partial charge in [0.1, 0.15) is 5.76 Å². The highest BCUT2D eigenvalue weighted by Crippen LogP contribution is 2.11. The van der Waals surface area contributed by atoms with E-state index in [1.165, 1.54) is 6.42 Å². The van der Waals surface area contributed by atoms with Gasteiger partial charge in [-0.3, -0.25) is 4.79 Å². The number of amides is 1. The Morgan fingerprint density at radius 1 is 1.53 bits per heavy atom. The first kappa shape index (κ1) is 14.1. The minimum absolute atomic E-state index is 0.0211. The lowest BCUT2D eigenvalue weighted by Gasteiger charge is -2.24. The van der Waals surface area contributed by atoms with Gasteiger partial charge in [-0.1, -0.05) is 0 Å². The average molecular weight is 266 g/mol. The quantitative estimate of drug-likeness (QED) is 0.818. The molecule has 1 saturated heterocycles. The monoisotopic (exact) mass is 266 g/mol. The fraction of sp³-hybridized carbons (Fsp3) is 0.643. The summed E-state index contributed by atoms with van der Waals surface area (Å²) in [7, 11) is 0. The van der Waals surface area contributed by atoms with Crippen LogP contribution in [0.1, 0.15) is 31.9 Å². The van der Waals surface area contributed by atoms with E-state index < -0.39 is 0 Å². The third kappa shape index (κ3) is 4.69. The van der Waals surface area contributed by atoms with Gasteiger partial charge in [0, 0.05) is 13.2 Å². The minimum Gasteiger partial charge on any atom is -0.467 e. The van der Waals surface area contributed by atoms with Crippen LogP contribution < -0.4 is 10.6 Å². The topological polar surface area (TPSA) is 63.5 Å². The van der Waals surface area contributed by atoms with E-state index in [1.54, 1.807) is 6.26 Å². The molecule has 5 nitrogen and oxygen atoms in total. The van der Waals surface area contributed by atoms with E-state index >= 15 is 0 Å². The third-order valence-electron chi connectivity index (χ3n) is 3.34. The standard InChI is InChI=1S/C14H22N2O3/c1-11(15-9-12-5-2-3-7-18-12)14(17)16-10-13-6-4-8-19-13/h4,6,8,11-12,15H,2-3,5,7,9-10H2,1H3,(H,16,17). The molecule has 0 aliphatic carbocycles. The van der Waals surface area contributed by atoms with Crippen LogP contribution in [-0.2, 0) is 16.1 Å². The van der Waals surface area contributed by atoms with Gasteiger partial charge in [0.2, 0.25) is 5.91 Å². The van der Waals surface area contributed by atoms with Crippen molar-refractivity contribution in [2.24, 2.45) is 0 Å². The molecule has 0 spiro atoms. The van der Waals surface area contributed by atoms with Crippen LogP contribution in [-0.4, -0.2) is 31.2 Å². The van der Waals surface area contributed by atoms with Crippen molar-refractivity contribution in [2.75, 3.05) is 13.2 Å². The number of nitrogens with one attached hydrogen (secondary N) is 2. The summed E-state index contributed by atoms with van der Waals surface area (Å²) < 4.78 is 10.8. The normalized spacial score (nSPS) is 21.0. The Balaban J connectivity index is 1.64. The molecule has 0 aromatic carbocycles. The molecule has 106 valence electrons. The average Bonchev–Trinajstić information content (AvgIpc) is 2.96. The van der Waals surface area contributed by atoms with Gasteiger partial charge in [-0.2, -0.15) is 0 Å². The Hall–Kier alpha value is -1.33. The number of furan rings is 1. The highest BCUT2D eigenvalue weighted by molar-refractivity contribution is 5.81. The second-order valence-electron chi connectivity index (χ2n) is 4.92. The van der Waals surface area contributed by atoms with Crippen LogP contribution in [0.2, 0.25) is 0 Å². The molecule has 2 N–H and O–H groups in total. The van der Waals surface area contributed by atoms with Gasteiger partial charge in [0.15, 0.2) is 0 Å². The molecule has 2 unspecified atom stereocenters. The van der Waals surface area contributed by atoms with Gasteiger partial charge in [-0.05, 0) is 38.3 Å². The summed E-state index contributed by atoms with van der Waals surface area (Å²) in [5.74, 6) is 0.739. The molecular weight excluding hydrogens is 244 g/mol. The van der Waals surface area contributed by atoms with E-state index in [9.17, 15) is 4.79 Å². The highest BCUT2D eigenvalue weighted by atomic mass is 16.5. The van der Waals surface area contributed by atoms with Crippen molar-refractivity contribution >= 4 is 5.91 Å². The van der Waals surface area contributed by atoms with E-state index in [4.69, 9.17) is 9.15 Å². The number of ether oxygens (including phenoxy) is 1. The maximum Gasteiger partial charge on any atom is 0.237 e. The van der Waals surface area contributed by atoms with Crippen molar-refractivity contribution in [1.29, 1.82) is 0 Å². The Morgan fingerprint density at radius 2 is 2.42 bits per heavy atom. The van der Waals surface area contributed by atoms with Gasteiger partial charge in [-0.15, -0.1) is 0 Å². The van der Waals surface area contributed by atoms with Crippen molar-refractivity contribution in [3.8, 4) is 0 Å². The van der Waals surface area contributed by atoms with Crippen LogP contribution in [0.25, 0.3) is 0 Å². The molecule has 2 heterocycles. The number of hydrogen-bond donors (Lipinski definition) is 2. The zero-order chi connectivity index (χ0) is 13.5. The lowest BCUT2D eigenvalue weighted by molar-refractivity contribution is -0.123. The molecule has 1 aromatic heterocycles. The molecule has 2 atom stereocenters. The van der Waals surface area contributed by atoms with Gasteiger partial charge < -0.3 is 19.8 Å². The molecule has 1 fully saturated rings. The second-order valence-corrected chi connectivity index (χ2v) is 4.92. The van der Waals surface area contributed by atoms with Crippen LogP contribution in [0.15, 0.2) is 22.8 Å². The van der Waals surface area contributed by atoms with Gasteiger partial charge in [0.05, 0.1) is 25.0 Å². The van der Waals surface area contributed by atoms with E-state index in [0.717, 1.165) is 31.8 Å². The smallest absolute Gasteiger partial charge is 0.237 e. The highest BCUT2D eigenvalue weighted by Gasteiger charge is 2.17. The van der Waals surface area contributed by atoms with E-state index in [1.807, 2.05) is 19.1 Å². The number of carbonyl (C=O) groups is 1. The van der Waals surface area contributed by atoms with E-state index in [0.29, 0.717) is 6.54 Å². The molecule has 0 bridgehead atoms. The summed E-state index contributed by atoms with van der Waals surface area (Å²) in [6.07, 6.45) is 5.28. The zero-order valence-corrected chi connectivity index (χ0v) is 11.4. The molecule has 1 aliphatic rings. The van der Waals surface area contributed by atoms with E-state index in [2.05, 4.69) is 10.6 Å². The SMILES string of the molecule is CC(NCC1CCCCO1)C(=O)NCc1ccco1. The summed E-state index contributed by atoms with van der Waals surface area (Å²) in [5.41, 5.74) is 0. The molecule has 0 radical (unpaired) electrons. The molecule has 1 aromatic rings. The fourth-order valence-corrected chi connectivity index (χ4v) is 2.11. The molecule has 1 amide bonds. The molecule has 1 aliphatic heterocycles. The van der Waals surface area contributed by atoms with Crippen molar-refractivity contribution in [3.05, 3.63) is 24.2 Å². The Kier molecular flexibility index (Phi) is 5.42. The number of hydrogen-bond acceptors (Lipinski definition) is 4. The minimum atomic E-state index is -0.222.